The molecule has 0 fully saturated rings. The van der Waals surface area contributed by atoms with E-state index in [1.807, 2.05) is 24.3 Å². The van der Waals surface area contributed by atoms with E-state index in [1.54, 1.807) is 32.0 Å². The summed E-state index contributed by atoms with van der Waals surface area (Å²) < 4.78 is 3.51. The fourth-order valence-electron chi connectivity index (χ4n) is 2.84. The third-order valence-corrected chi connectivity index (χ3v) is 4.75. The molecule has 0 amide bonds. The van der Waals surface area contributed by atoms with E-state index in [0.717, 1.165) is 10.0 Å². The maximum Gasteiger partial charge on any atom is 0.331 e. The van der Waals surface area contributed by atoms with Crippen LogP contribution in [0.5, 0.6) is 0 Å². The second-order valence-corrected chi connectivity index (χ2v) is 8.21. The second-order valence-electron chi connectivity index (χ2n) is 6.86. The fraction of sp³-hybridized carbons (Fsp3) is 0.263. The van der Waals surface area contributed by atoms with Crippen molar-refractivity contribution in [2.45, 2.75) is 32.5 Å². The summed E-state index contributed by atoms with van der Waals surface area (Å²) in [5.41, 5.74) is -0.734. The Morgan fingerprint density at radius 1 is 1.08 bits per heavy atom. The quantitative estimate of drug-likeness (QED) is 0.680. The lowest BCUT2D eigenvalue weighted by Crippen LogP contribution is -2.43. The van der Waals surface area contributed by atoms with Gasteiger partial charge in [0.15, 0.2) is 0 Å². The highest BCUT2D eigenvalue weighted by molar-refractivity contribution is 9.10. The van der Waals surface area contributed by atoms with Crippen LogP contribution in [0.25, 0.3) is 10.9 Å². The minimum atomic E-state index is -1.13. The van der Waals surface area contributed by atoms with E-state index in [4.69, 9.17) is 11.6 Å². The summed E-state index contributed by atoms with van der Waals surface area (Å²) in [6, 6.07) is 12.2. The molecule has 0 saturated heterocycles. The van der Waals surface area contributed by atoms with E-state index in [0.29, 0.717) is 15.9 Å². The summed E-state index contributed by atoms with van der Waals surface area (Å²) in [5.74, 6) is 0. The summed E-state index contributed by atoms with van der Waals surface area (Å²) in [4.78, 5) is 25.9. The molecule has 0 aliphatic rings. The van der Waals surface area contributed by atoms with Crippen molar-refractivity contribution in [1.82, 2.24) is 9.13 Å². The van der Waals surface area contributed by atoms with Crippen LogP contribution in [0.15, 0.2) is 56.5 Å². The first-order valence-electron chi connectivity index (χ1n) is 8.05. The number of halogens is 2. The molecule has 2 aromatic carbocycles. The Morgan fingerprint density at radius 2 is 1.73 bits per heavy atom. The van der Waals surface area contributed by atoms with Crippen LogP contribution in [0.2, 0.25) is 5.02 Å². The molecule has 26 heavy (non-hydrogen) atoms. The Labute approximate surface area is 163 Å². The molecule has 0 bridgehead atoms. The van der Waals surface area contributed by atoms with Gasteiger partial charge in [-0.15, -0.1) is 0 Å². The minimum absolute atomic E-state index is 0.0449. The first kappa shape index (κ1) is 18.9. The van der Waals surface area contributed by atoms with Crippen LogP contribution in [-0.4, -0.2) is 19.8 Å². The molecular weight excluding hydrogens is 420 g/mol. The Hall–Kier alpha value is -1.89. The first-order valence-corrected chi connectivity index (χ1v) is 9.22. The van der Waals surface area contributed by atoms with Crippen LogP contribution in [0.1, 0.15) is 19.4 Å². The lowest BCUT2D eigenvalue weighted by atomic mass is 10.1. The number of fused-ring (bicyclic) bond motifs is 1. The van der Waals surface area contributed by atoms with Crippen molar-refractivity contribution in [3.05, 3.63) is 78.4 Å². The Balaban J connectivity index is 2.26. The van der Waals surface area contributed by atoms with E-state index >= 15 is 0 Å². The first-order chi connectivity index (χ1) is 12.2. The highest BCUT2D eigenvalue weighted by Gasteiger charge is 2.20. The van der Waals surface area contributed by atoms with Crippen molar-refractivity contribution in [3.8, 4) is 0 Å². The largest absolute Gasteiger partial charge is 0.389 e. The van der Waals surface area contributed by atoms with Crippen molar-refractivity contribution < 1.29 is 5.11 Å². The zero-order valence-corrected chi connectivity index (χ0v) is 16.7. The molecule has 3 aromatic rings. The number of benzene rings is 2. The van der Waals surface area contributed by atoms with Gasteiger partial charge in [0, 0.05) is 9.50 Å². The lowest BCUT2D eigenvalue weighted by molar-refractivity contribution is 0.0610. The van der Waals surface area contributed by atoms with Gasteiger partial charge in [-0.3, -0.25) is 13.9 Å². The van der Waals surface area contributed by atoms with Gasteiger partial charge in [-0.2, -0.15) is 0 Å². The topological polar surface area (TPSA) is 64.2 Å². The Morgan fingerprint density at radius 3 is 2.35 bits per heavy atom. The molecule has 0 radical (unpaired) electrons. The molecule has 3 rings (SSSR count). The maximum atomic E-state index is 13.0. The standard InChI is InChI=1S/C19H18BrClN2O3/c1-19(2,26)11-23-16-9-14(21)7-8-15(16)17(24)22(18(23)25)10-12-3-5-13(20)6-4-12/h3-9,26H,10-11H2,1-2H3. The van der Waals surface area contributed by atoms with Crippen molar-refractivity contribution in [1.29, 1.82) is 0 Å². The van der Waals surface area contributed by atoms with Crippen LogP contribution in [-0.2, 0) is 13.1 Å². The molecule has 0 atom stereocenters. The molecule has 0 spiro atoms. The second kappa shape index (κ2) is 7.02. The molecule has 1 heterocycles. The van der Waals surface area contributed by atoms with E-state index in [9.17, 15) is 14.7 Å². The van der Waals surface area contributed by atoms with Gasteiger partial charge in [-0.1, -0.05) is 39.7 Å². The summed E-state index contributed by atoms with van der Waals surface area (Å²) in [6.07, 6.45) is 0. The van der Waals surface area contributed by atoms with Gasteiger partial charge in [-0.25, -0.2) is 4.79 Å². The third kappa shape index (κ3) is 3.92. The zero-order valence-electron chi connectivity index (χ0n) is 14.4. The Kier molecular flexibility index (Phi) is 5.10. The monoisotopic (exact) mass is 436 g/mol. The summed E-state index contributed by atoms with van der Waals surface area (Å²) in [6.45, 7) is 3.42. The van der Waals surface area contributed by atoms with Gasteiger partial charge in [0.05, 0.1) is 29.6 Å². The highest BCUT2D eigenvalue weighted by atomic mass is 79.9. The lowest BCUT2D eigenvalue weighted by Gasteiger charge is -2.21. The highest BCUT2D eigenvalue weighted by Crippen LogP contribution is 2.18. The van der Waals surface area contributed by atoms with Crippen LogP contribution in [0.4, 0.5) is 0 Å². The molecule has 1 aromatic heterocycles. The normalized spacial score (nSPS) is 11.9. The maximum absolute atomic E-state index is 13.0. The van der Waals surface area contributed by atoms with Crippen molar-refractivity contribution in [3.63, 3.8) is 0 Å². The van der Waals surface area contributed by atoms with Gasteiger partial charge in [0.2, 0.25) is 0 Å². The number of rotatable bonds is 4. The van der Waals surface area contributed by atoms with Crippen LogP contribution < -0.4 is 11.2 Å². The van der Waals surface area contributed by atoms with E-state index in [-0.39, 0.29) is 18.6 Å². The molecule has 136 valence electrons. The molecule has 7 heteroatoms. The number of nitrogens with zero attached hydrogens (tertiary/aromatic N) is 2. The van der Waals surface area contributed by atoms with Gasteiger partial charge in [0.1, 0.15) is 0 Å². The third-order valence-electron chi connectivity index (χ3n) is 3.99. The zero-order chi connectivity index (χ0) is 19.1. The SMILES string of the molecule is CC(C)(O)Cn1c(=O)n(Cc2ccc(Br)cc2)c(=O)c2ccc(Cl)cc21. The number of hydrogen-bond donors (Lipinski definition) is 1. The minimum Gasteiger partial charge on any atom is -0.389 e. The molecular formula is C19H18BrClN2O3. The molecule has 0 unspecified atom stereocenters. The van der Waals surface area contributed by atoms with E-state index < -0.39 is 11.3 Å². The fourth-order valence-corrected chi connectivity index (χ4v) is 3.27. The average molecular weight is 438 g/mol. The summed E-state index contributed by atoms with van der Waals surface area (Å²) >= 11 is 9.43. The van der Waals surface area contributed by atoms with Gasteiger partial charge >= 0.3 is 5.69 Å². The smallest absolute Gasteiger partial charge is 0.331 e. The van der Waals surface area contributed by atoms with Gasteiger partial charge in [0.25, 0.3) is 5.56 Å². The van der Waals surface area contributed by atoms with Crippen LogP contribution >= 0.6 is 27.5 Å². The molecule has 0 saturated carbocycles. The average Bonchev–Trinajstić information content (AvgIpc) is 2.56. The number of hydrogen-bond acceptors (Lipinski definition) is 3. The van der Waals surface area contributed by atoms with Crippen molar-refractivity contribution in [2.75, 3.05) is 0 Å². The van der Waals surface area contributed by atoms with Gasteiger partial charge in [-0.05, 0) is 49.7 Å². The van der Waals surface area contributed by atoms with E-state index in [2.05, 4.69) is 15.9 Å². The Bertz CT molecular complexity index is 1080. The van der Waals surface area contributed by atoms with Gasteiger partial charge < -0.3 is 5.11 Å². The molecule has 1 N–H and O–H groups in total. The van der Waals surface area contributed by atoms with Crippen LogP contribution in [0.3, 0.4) is 0 Å². The van der Waals surface area contributed by atoms with Crippen LogP contribution in [0, 0.1) is 0 Å². The molecule has 0 aliphatic carbocycles. The number of aliphatic hydroxyl groups is 1. The predicted molar refractivity (Wildman–Crippen MR) is 107 cm³/mol. The van der Waals surface area contributed by atoms with Crippen molar-refractivity contribution >= 4 is 38.4 Å². The van der Waals surface area contributed by atoms with Crippen molar-refractivity contribution in [2.24, 2.45) is 0 Å². The summed E-state index contributed by atoms with van der Waals surface area (Å²) in [5, 5.41) is 11.0. The summed E-state index contributed by atoms with van der Waals surface area (Å²) in [7, 11) is 0. The molecule has 0 aliphatic heterocycles. The predicted octanol–water partition coefficient (Wildman–Crippen LogP) is 3.40. The molecule has 5 nitrogen and oxygen atoms in total. The van der Waals surface area contributed by atoms with E-state index in [1.165, 1.54) is 9.13 Å². The number of aromatic nitrogens is 2.